The summed E-state index contributed by atoms with van der Waals surface area (Å²) in [5.74, 6) is 0.426. The number of pyridine rings is 1. The fraction of sp³-hybridized carbons (Fsp3) is 0.333. The summed E-state index contributed by atoms with van der Waals surface area (Å²) in [5, 5.41) is 3.79. The van der Waals surface area contributed by atoms with Crippen LogP contribution in [0.25, 0.3) is 10.6 Å². The van der Waals surface area contributed by atoms with Gasteiger partial charge in [-0.3, -0.25) is 14.6 Å². The number of ether oxygens (including phenoxy) is 1. The first-order valence-electron chi connectivity index (χ1n) is 10.6. The zero-order chi connectivity index (χ0) is 22.5. The topological polar surface area (TPSA) is 84.4 Å². The van der Waals surface area contributed by atoms with E-state index in [-0.39, 0.29) is 17.7 Å². The Labute approximate surface area is 191 Å². The van der Waals surface area contributed by atoms with Crippen LogP contribution in [0.2, 0.25) is 0 Å². The molecular weight excluding hydrogens is 424 g/mol. The van der Waals surface area contributed by atoms with Gasteiger partial charge in [0.25, 0.3) is 5.91 Å². The number of piperidine rings is 1. The zero-order valence-electron chi connectivity index (χ0n) is 18.2. The maximum atomic E-state index is 13.2. The number of nitrogens with one attached hydrogen (secondary N) is 1. The number of hydrogen-bond donors (Lipinski definition) is 1. The highest BCUT2D eigenvalue weighted by molar-refractivity contribution is 7.17. The average molecular weight is 451 g/mol. The first-order valence-corrected chi connectivity index (χ1v) is 11.4. The van der Waals surface area contributed by atoms with Crippen molar-refractivity contribution in [3.63, 3.8) is 0 Å². The quantitative estimate of drug-likeness (QED) is 0.619. The van der Waals surface area contributed by atoms with Gasteiger partial charge in [0.1, 0.15) is 15.6 Å². The van der Waals surface area contributed by atoms with Crippen LogP contribution in [0.1, 0.15) is 33.8 Å². The Morgan fingerprint density at radius 3 is 2.88 bits per heavy atom. The summed E-state index contributed by atoms with van der Waals surface area (Å²) in [6.45, 7) is 3.31. The van der Waals surface area contributed by atoms with E-state index < -0.39 is 0 Å². The highest BCUT2D eigenvalue weighted by Gasteiger charge is 2.30. The molecule has 166 valence electrons. The van der Waals surface area contributed by atoms with Crippen LogP contribution in [0.4, 0.5) is 0 Å². The van der Waals surface area contributed by atoms with Gasteiger partial charge in [0.15, 0.2) is 0 Å². The van der Waals surface area contributed by atoms with Gasteiger partial charge in [0.2, 0.25) is 5.91 Å². The van der Waals surface area contributed by atoms with Crippen molar-refractivity contribution in [2.24, 2.45) is 5.92 Å². The fourth-order valence-electron chi connectivity index (χ4n) is 3.90. The van der Waals surface area contributed by atoms with Gasteiger partial charge in [-0.05, 0) is 38.0 Å². The molecule has 1 saturated heterocycles. The first kappa shape index (κ1) is 22.0. The number of likely N-dealkylation sites (tertiary alicyclic amines) is 1. The molecule has 2 amide bonds. The van der Waals surface area contributed by atoms with Crippen molar-refractivity contribution < 1.29 is 14.3 Å². The van der Waals surface area contributed by atoms with Crippen molar-refractivity contribution >= 4 is 23.2 Å². The summed E-state index contributed by atoms with van der Waals surface area (Å²) in [6, 6.07) is 11.4. The number of para-hydroxylation sites is 1. The number of methoxy groups -OCH3 is 1. The van der Waals surface area contributed by atoms with Gasteiger partial charge >= 0.3 is 0 Å². The first-order chi connectivity index (χ1) is 15.6. The van der Waals surface area contributed by atoms with E-state index >= 15 is 0 Å². The minimum Gasteiger partial charge on any atom is -0.496 e. The Morgan fingerprint density at radius 2 is 2.09 bits per heavy atom. The van der Waals surface area contributed by atoms with Crippen LogP contribution in [-0.4, -0.2) is 46.9 Å². The Bertz CT molecular complexity index is 1100. The highest BCUT2D eigenvalue weighted by Crippen LogP contribution is 2.29. The summed E-state index contributed by atoms with van der Waals surface area (Å²) in [6.07, 6.45) is 5.02. The minimum atomic E-state index is -0.228. The Hall–Kier alpha value is -3.26. The lowest BCUT2D eigenvalue weighted by atomic mass is 9.96. The van der Waals surface area contributed by atoms with Gasteiger partial charge in [-0.25, -0.2) is 4.98 Å². The average Bonchev–Trinajstić information content (AvgIpc) is 3.24. The summed E-state index contributed by atoms with van der Waals surface area (Å²) < 4.78 is 5.35. The molecule has 0 saturated carbocycles. The Kier molecular flexibility index (Phi) is 6.80. The number of nitrogens with zero attached hydrogens (tertiary/aromatic N) is 3. The predicted molar refractivity (Wildman–Crippen MR) is 124 cm³/mol. The molecule has 4 rings (SSSR count). The summed E-state index contributed by atoms with van der Waals surface area (Å²) in [7, 11) is 1.62. The molecule has 32 heavy (non-hydrogen) atoms. The van der Waals surface area contributed by atoms with E-state index in [0.717, 1.165) is 34.7 Å². The van der Waals surface area contributed by atoms with Crippen LogP contribution in [-0.2, 0) is 11.3 Å². The third kappa shape index (κ3) is 4.80. The molecular formula is C24H26N4O3S. The van der Waals surface area contributed by atoms with Crippen molar-refractivity contribution in [2.75, 3.05) is 20.2 Å². The van der Waals surface area contributed by atoms with Gasteiger partial charge in [0.05, 0.1) is 18.7 Å². The van der Waals surface area contributed by atoms with Gasteiger partial charge in [-0.2, -0.15) is 0 Å². The van der Waals surface area contributed by atoms with Crippen LogP contribution >= 0.6 is 11.3 Å². The van der Waals surface area contributed by atoms with E-state index in [1.54, 1.807) is 24.4 Å². The normalized spacial score (nSPS) is 15.9. The van der Waals surface area contributed by atoms with Gasteiger partial charge in [0, 0.05) is 43.2 Å². The Balaban J connectivity index is 1.41. The van der Waals surface area contributed by atoms with Crippen molar-refractivity contribution in [2.45, 2.75) is 26.3 Å². The number of carbonyl (C=O) groups is 2. The monoisotopic (exact) mass is 450 g/mol. The van der Waals surface area contributed by atoms with Crippen molar-refractivity contribution in [1.29, 1.82) is 0 Å². The van der Waals surface area contributed by atoms with Crippen molar-refractivity contribution in [3.8, 4) is 16.3 Å². The maximum Gasteiger partial charge on any atom is 0.265 e. The second kappa shape index (κ2) is 9.91. The van der Waals surface area contributed by atoms with Crippen molar-refractivity contribution in [3.05, 3.63) is 64.9 Å². The molecule has 8 heteroatoms. The second-order valence-electron chi connectivity index (χ2n) is 7.80. The number of hydrogen-bond acceptors (Lipinski definition) is 6. The van der Waals surface area contributed by atoms with Crippen LogP contribution in [0.15, 0.2) is 48.8 Å². The summed E-state index contributed by atoms with van der Waals surface area (Å²) in [5.41, 5.74) is 2.53. The molecule has 2 aromatic heterocycles. The molecule has 1 fully saturated rings. The van der Waals surface area contributed by atoms with Crippen LogP contribution < -0.4 is 10.1 Å². The molecule has 1 aliphatic heterocycles. The van der Waals surface area contributed by atoms with E-state index in [1.165, 1.54) is 11.3 Å². The number of carbonyl (C=O) groups excluding carboxylic acids is 2. The molecule has 0 aliphatic carbocycles. The molecule has 1 aliphatic rings. The van der Waals surface area contributed by atoms with Crippen LogP contribution in [0.5, 0.6) is 5.75 Å². The standard InChI is InChI=1S/C24H26N4O3S/c1-16-21(32-23(27-16)18-8-5-11-25-13-18)24(30)28-12-6-9-19(15-28)22(29)26-14-17-7-3-4-10-20(17)31-2/h3-5,7-8,10-11,13,19H,6,9,12,14-15H2,1-2H3,(H,26,29). The molecule has 0 bridgehead atoms. The molecule has 1 N–H and O–H groups in total. The number of benzene rings is 1. The molecule has 7 nitrogen and oxygen atoms in total. The van der Waals surface area contributed by atoms with E-state index in [9.17, 15) is 9.59 Å². The lowest BCUT2D eigenvalue weighted by Gasteiger charge is -2.32. The maximum absolute atomic E-state index is 13.2. The largest absolute Gasteiger partial charge is 0.496 e. The SMILES string of the molecule is COc1ccccc1CNC(=O)C1CCCN(C(=O)c2sc(-c3cccnc3)nc2C)C1. The fourth-order valence-corrected chi connectivity index (χ4v) is 4.93. The Morgan fingerprint density at radius 1 is 1.25 bits per heavy atom. The molecule has 1 aromatic carbocycles. The van der Waals surface area contributed by atoms with E-state index in [0.29, 0.717) is 30.2 Å². The predicted octanol–water partition coefficient (Wildman–Crippen LogP) is 3.69. The molecule has 1 unspecified atom stereocenters. The molecule has 0 radical (unpaired) electrons. The van der Waals surface area contributed by atoms with E-state index in [4.69, 9.17) is 4.74 Å². The highest BCUT2D eigenvalue weighted by atomic mass is 32.1. The number of aryl methyl sites for hydroxylation is 1. The number of aromatic nitrogens is 2. The van der Waals surface area contributed by atoms with Crippen LogP contribution in [0.3, 0.4) is 0 Å². The number of amides is 2. The van der Waals surface area contributed by atoms with Crippen molar-refractivity contribution in [1.82, 2.24) is 20.2 Å². The van der Waals surface area contributed by atoms with Crippen LogP contribution in [0, 0.1) is 12.8 Å². The molecule has 3 heterocycles. The zero-order valence-corrected chi connectivity index (χ0v) is 19.0. The molecule has 1 atom stereocenters. The summed E-state index contributed by atoms with van der Waals surface area (Å²) in [4.78, 5) is 37.2. The van der Waals surface area contributed by atoms with E-state index in [1.807, 2.05) is 43.3 Å². The van der Waals surface area contributed by atoms with Gasteiger partial charge in [-0.15, -0.1) is 11.3 Å². The molecule has 3 aromatic rings. The summed E-state index contributed by atoms with van der Waals surface area (Å²) >= 11 is 1.38. The number of thiazole rings is 1. The minimum absolute atomic E-state index is 0.0366. The lowest BCUT2D eigenvalue weighted by Crippen LogP contribution is -2.45. The smallest absolute Gasteiger partial charge is 0.265 e. The molecule has 0 spiro atoms. The van der Waals surface area contributed by atoms with Gasteiger partial charge < -0.3 is 15.0 Å². The third-order valence-electron chi connectivity index (χ3n) is 5.62. The van der Waals surface area contributed by atoms with Gasteiger partial charge in [-0.1, -0.05) is 18.2 Å². The van der Waals surface area contributed by atoms with E-state index in [2.05, 4.69) is 15.3 Å². The number of rotatable bonds is 6. The third-order valence-corrected chi connectivity index (χ3v) is 6.82. The second-order valence-corrected chi connectivity index (χ2v) is 8.79. The lowest BCUT2D eigenvalue weighted by molar-refractivity contribution is -0.126.